The SMILES string of the molecule is Clc1ncnc(N2CCN(c3ccccc3)CC2)n1. The van der Waals surface area contributed by atoms with E-state index in [2.05, 4.69) is 49.0 Å². The summed E-state index contributed by atoms with van der Waals surface area (Å²) in [5.74, 6) is 0.660. The van der Waals surface area contributed by atoms with Gasteiger partial charge in [0.05, 0.1) is 0 Å². The van der Waals surface area contributed by atoms with E-state index in [1.165, 1.54) is 12.0 Å². The molecule has 0 amide bonds. The van der Waals surface area contributed by atoms with Crippen molar-refractivity contribution in [3.05, 3.63) is 41.9 Å². The van der Waals surface area contributed by atoms with Gasteiger partial charge in [0, 0.05) is 31.9 Å². The van der Waals surface area contributed by atoms with Gasteiger partial charge in [0.25, 0.3) is 0 Å². The molecule has 0 spiro atoms. The quantitative estimate of drug-likeness (QED) is 0.837. The number of benzene rings is 1. The summed E-state index contributed by atoms with van der Waals surface area (Å²) < 4.78 is 0. The van der Waals surface area contributed by atoms with E-state index in [0.29, 0.717) is 5.95 Å². The maximum atomic E-state index is 5.79. The van der Waals surface area contributed by atoms with Crippen molar-refractivity contribution in [2.24, 2.45) is 0 Å². The van der Waals surface area contributed by atoms with Crippen molar-refractivity contribution in [2.45, 2.75) is 0 Å². The number of aromatic nitrogens is 3. The number of rotatable bonds is 2. The second-order valence-electron chi connectivity index (χ2n) is 4.36. The number of nitrogens with zero attached hydrogens (tertiary/aromatic N) is 5. The molecule has 1 aromatic carbocycles. The van der Waals surface area contributed by atoms with Crippen molar-refractivity contribution < 1.29 is 0 Å². The molecule has 0 radical (unpaired) electrons. The van der Waals surface area contributed by atoms with E-state index in [-0.39, 0.29) is 5.28 Å². The Morgan fingerprint density at radius 3 is 2.26 bits per heavy atom. The Bertz CT molecular complexity index is 540. The van der Waals surface area contributed by atoms with Gasteiger partial charge in [0.15, 0.2) is 0 Å². The Morgan fingerprint density at radius 2 is 1.58 bits per heavy atom. The fourth-order valence-electron chi connectivity index (χ4n) is 2.22. The lowest BCUT2D eigenvalue weighted by atomic mass is 10.2. The second-order valence-corrected chi connectivity index (χ2v) is 4.70. The number of hydrogen-bond donors (Lipinski definition) is 0. The van der Waals surface area contributed by atoms with Crippen molar-refractivity contribution in [1.29, 1.82) is 0 Å². The second kappa shape index (κ2) is 5.40. The fourth-order valence-corrected chi connectivity index (χ4v) is 2.34. The van der Waals surface area contributed by atoms with Crippen LogP contribution >= 0.6 is 11.6 Å². The lowest BCUT2D eigenvalue weighted by Gasteiger charge is -2.36. The van der Waals surface area contributed by atoms with Crippen LogP contribution in [-0.2, 0) is 0 Å². The minimum absolute atomic E-state index is 0.246. The highest BCUT2D eigenvalue weighted by Crippen LogP contribution is 2.17. The number of piperazine rings is 1. The molecule has 0 N–H and O–H groups in total. The van der Waals surface area contributed by atoms with Gasteiger partial charge in [-0.1, -0.05) is 18.2 Å². The molecule has 5 nitrogen and oxygen atoms in total. The van der Waals surface area contributed by atoms with Crippen LogP contribution in [-0.4, -0.2) is 41.1 Å². The van der Waals surface area contributed by atoms with Crippen LogP contribution < -0.4 is 9.80 Å². The van der Waals surface area contributed by atoms with Crippen LogP contribution in [0.1, 0.15) is 0 Å². The molecule has 6 heteroatoms. The molecule has 0 atom stereocenters. The van der Waals surface area contributed by atoms with Crippen LogP contribution in [0.5, 0.6) is 0 Å². The summed E-state index contributed by atoms with van der Waals surface area (Å²) in [6.45, 7) is 3.67. The largest absolute Gasteiger partial charge is 0.368 e. The third kappa shape index (κ3) is 2.76. The molecule has 2 aromatic rings. The monoisotopic (exact) mass is 275 g/mol. The van der Waals surface area contributed by atoms with Crippen LogP contribution in [0.3, 0.4) is 0 Å². The number of para-hydroxylation sites is 1. The molecule has 0 unspecified atom stereocenters. The molecule has 98 valence electrons. The van der Waals surface area contributed by atoms with E-state index in [4.69, 9.17) is 11.6 Å². The van der Waals surface area contributed by atoms with Crippen molar-refractivity contribution in [3.63, 3.8) is 0 Å². The molecule has 0 aliphatic carbocycles. The molecule has 0 bridgehead atoms. The summed E-state index contributed by atoms with van der Waals surface area (Å²) in [5.41, 5.74) is 1.26. The Balaban J connectivity index is 1.67. The Labute approximate surface area is 116 Å². The number of halogens is 1. The van der Waals surface area contributed by atoms with E-state index >= 15 is 0 Å². The zero-order chi connectivity index (χ0) is 13.1. The van der Waals surface area contributed by atoms with Gasteiger partial charge >= 0.3 is 0 Å². The lowest BCUT2D eigenvalue weighted by molar-refractivity contribution is 0.638. The maximum absolute atomic E-state index is 5.79. The molecule has 19 heavy (non-hydrogen) atoms. The molecule has 1 aromatic heterocycles. The van der Waals surface area contributed by atoms with Gasteiger partial charge in [-0.15, -0.1) is 0 Å². The van der Waals surface area contributed by atoms with Crippen molar-refractivity contribution in [2.75, 3.05) is 36.0 Å². The minimum atomic E-state index is 0.246. The minimum Gasteiger partial charge on any atom is -0.368 e. The highest BCUT2D eigenvalue weighted by Gasteiger charge is 2.19. The molecule has 1 fully saturated rings. The van der Waals surface area contributed by atoms with Gasteiger partial charge in [-0.2, -0.15) is 4.98 Å². The Morgan fingerprint density at radius 1 is 0.895 bits per heavy atom. The fraction of sp³-hybridized carbons (Fsp3) is 0.308. The van der Waals surface area contributed by atoms with Crippen LogP contribution in [0.15, 0.2) is 36.7 Å². The number of hydrogen-bond acceptors (Lipinski definition) is 5. The molecule has 0 saturated carbocycles. The summed E-state index contributed by atoms with van der Waals surface area (Å²) in [6, 6.07) is 10.4. The first-order valence-corrected chi connectivity index (χ1v) is 6.60. The predicted octanol–water partition coefficient (Wildman–Crippen LogP) is 1.85. The average Bonchev–Trinajstić information content (AvgIpc) is 2.48. The summed E-state index contributed by atoms with van der Waals surface area (Å²) in [7, 11) is 0. The van der Waals surface area contributed by atoms with Gasteiger partial charge in [-0.25, -0.2) is 9.97 Å². The van der Waals surface area contributed by atoms with Gasteiger partial charge < -0.3 is 9.80 Å². The third-order valence-electron chi connectivity index (χ3n) is 3.21. The topological polar surface area (TPSA) is 45.2 Å². The zero-order valence-corrected chi connectivity index (χ0v) is 11.2. The normalized spacial score (nSPS) is 15.6. The first-order valence-electron chi connectivity index (χ1n) is 6.22. The van der Waals surface area contributed by atoms with Gasteiger partial charge in [0.2, 0.25) is 11.2 Å². The first kappa shape index (κ1) is 12.2. The Kier molecular flexibility index (Phi) is 3.46. The predicted molar refractivity (Wildman–Crippen MR) is 75.7 cm³/mol. The molecule has 2 heterocycles. The molecule has 1 aliphatic rings. The molecular weight excluding hydrogens is 262 g/mol. The molecular formula is C13H14ClN5. The molecule has 3 rings (SSSR count). The van der Waals surface area contributed by atoms with Gasteiger partial charge in [-0.05, 0) is 23.7 Å². The van der Waals surface area contributed by atoms with Crippen molar-refractivity contribution in [1.82, 2.24) is 15.0 Å². The van der Waals surface area contributed by atoms with Crippen LogP contribution in [0.2, 0.25) is 5.28 Å². The average molecular weight is 276 g/mol. The van der Waals surface area contributed by atoms with E-state index in [9.17, 15) is 0 Å². The van der Waals surface area contributed by atoms with Crippen LogP contribution in [0.25, 0.3) is 0 Å². The van der Waals surface area contributed by atoms with E-state index in [1.54, 1.807) is 0 Å². The standard InChI is InChI=1S/C13H14ClN5/c14-12-15-10-16-13(17-12)19-8-6-18(7-9-19)11-4-2-1-3-5-11/h1-5,10H,6-9H2. The smallest absolute Gasteiger partial charge is 0.229 e. The molecule has 1 saturated heterocycles. The summed E-state index contributed by atoms with van der Waals surface area (Å²) >= 11 is 5.79. The van der Waals surface area contributed by atoms with Gasteiger partial charge in [-0.3, -0.25) is 0 Å². The zero-order valence-electron chi connectivity index (χ0n) is 10.4. The van der Waals surface area contributed by atoms with Crippen molar-refractivity contribution >= 4 is 23.2 Å². The van der Waals surface area contributed by atoms with Gasteiger partial charge in [0.1, 0.15) is 6.33 Å². The van der Waals surface area contributed by atoms with E-state index < -0.39 is 0 Å². The van der Waals surface area contributed by atoms with Crippen LogP contribution in [0, 0.1) is 0 Å². The Hall–Kier alpha value is -1.88. The summed E-state index contributed by atoms with van der Waals surface area (Å²) in [5, 5.41) is 0.246. The third-order valence-corrected chi connectivity index (χ3v) is 3.40. The highest BCUT2D eigenvalue weighted by atomic mass is 35.5. The van der Waals surface area contributed by atoms with Crippen LogP contribution in [0.4, 0.5) is 11.6 Å². The molecule has 1 aliphatic heterocycles. The highest BCUT2D eigenvalue weighted by molar-refractivity contribution is 6.28. The van der Waals surface area contributed by atoms with E-state index in [1.807, 2.05) is 6.07 Å². The summed E-state index contributed by atoms with van der Waals surface area (Å²) in [6.07, 6.45) is 1.45. The maximum Gasteiger partial charge on any atom is 0.229 e. The first-order chi connectivity index (χ1) is 9.33. The summed E-state index contributed by atoms with van der Waals surface area (Å²) in [4.78, 5) is 16.6. The van der Waals surface area contributed by atoms with Crippen molar-refractivity contribution in [3.8, 4) is 0 Å². The lowest BCUT2D eigenvalue weighted by Crippen LogP contribution is -2.47. The number of anilines is 2. The van der Waals surface area contributed by atoms with E-state index in [0.717, 1.165) is 26.2 Å².